The Balaban J connectivity index is 2.41. The number of guanidine groups is 1. The van der Waals surface area contributed by atoms with Gasteiger partial charge in [0, 0.05) is 6.07 Å². The van der Waals surface area contributed by atoms with Gasteiger partial charge in [-0.1, -0.05) is 0 Å². The topological polar surface area (TPSA) is 85.9 Å². The van der Waals surface area contributed by atoms with Crippen LogP contribution in [0.15, 0.2) is 23.2 Å². The molecule has 17 heavy (non-hydrogen) atoms. The molecule has 3 N–H and O–H groups in total. The molecule has 6 heteroatoms. The van der Waals surface area contributed by atoms with Crippen LogP contribution in [-0.4, -0.2) is 26.1 Å². The summed E-state index contributed by atoms with van der Waals surface area (Å²) in [7, 11) is 3.09. The highest BCUT2D eigenvalue weighted by atomic mass is 16.5. The molecule has 1 aromatic carbocycles. The Hall–Kier alpha value is -2.24. The van der Waals surface area contributed by atoms with E-state index in [2.05, 4.69) is 10.3 Å². The molecule has 1 aliphatic rings. The van der Waals surface area contributed by atoms with Crippen molar-refractivity contribution in [3.8, 4) is 11.5 Å². The lowest BCUT2D eigenvalue weighted by Crippen LogP contribution is -2.31. The Morgan fingerprint density at radius 1 is 1.24 bits per heavy atom. The maximum absolute atomic E-state index is 11.6. The molecule has 2 rings (SSSR count). The van der Waals surface area contributed by atoms with E-state index in [9.17, 15) is 4.79 Å². The van der Waals surface area contributed by atoms with Crippen molar-refractivity contribution in [2.24, 2.45) is 10.7 Å². The van der Waals surface area contributed by atoms with E-state index in [-0.39, 0.29) is 11.9 Å². The van der Waals surface area contributed by atoms with E-state index < -0.39 is 6.04 Å². The van der Waals surface area contributed by atoms with Crippen LogP contribution in [0.1, 0.15) is 11.6 Å². The normalized spacial score (nSPS) is 18.6. The van der Waals surface area contributed by atoms with Crippen molar-refractivity contribution in [2.75, 3.05) is 14.2 Å². The zero-order valence-corrected chi connectivity index (χ0v) is 9.56. The Kier molecular flexibility index (Phi) is 2.86. The van der Waals surface area contributed by atoms with Crippen molar-refractivity contribution in [3.63, 3.8) is 0 Å². The van der Waals surface area contributed by atoms with Crippen LogP contribution >= 0.6 is 0 Å². The average molecular weight is 235 g/mol. The van der Waals surface area contributed by atoms with Gasteiger partial charge in [0.25, 0.3) is 5.91 Å². The number of carbonyl (C=O) groups excluding carboxylic acids is 1. The van der Waals surface area contributed by atoms with E-state index in [4.69, 9.17) is 15.2 Å². The largest absolute Gasteiger partial charge is 0.497 e. The summed E-state index contributed by atoms with van der Waals surface area (Å²) in [6.07, 6.45) is 0. The fourth-order valence-electron chi connectivity index (χ4n) is 1.64. The number of aliphatic imine (C=N–C) groups is 1. The molecule has 0 aromatic heterocycles. The molecular weight excluding hydrogens is 222 g/mol. The molecule has 0 spiro atoms. The van der Waals surface area contributed by atoms with Crippen LogP contribution in [0.5, 0.6) is 11.5 Å². The van der Waals surface area contributed by atoms with Crippen LogP contribution in [0.25, 0.3) is 0 Å². The summed E-state index contributed by atoms with van der Waals surface area (Å²) in [5.41, 5.74) is 6.13. The molecule has 0 fully saturated rings. The molecule has 1 amide bonds. The van der Waals surface area contributed by atoms with E-state index in [1.807, 2.05) is 0 Å². The second kappa shape index (κ2) is 4.32. The van der Waals surface area contributed by atoms with E-state index in [1.54, 1.807) is 32.4 Å². The highest BCUT2D eigenvalue weighted by Gasteiger charge is 2.27. The number of carbonyl (C=O) groups is 1. The lowest BCUT2D eigenvalue weighted by molar-refractivity contribution is -0.120. The Morgan fingerprint density at radius 3 is 2.24 bits per heavy atom. The third-order valence-corrected chi connectivity index (χ3v) is 2.46. The summed E-state index contributed by atoms with van der Waals surface area (Å²) in [6.45, 7) is 0. The number of methoxy groups -OCH3 is 2. The molecule has 0 saturated carbocycles. The summed E-state index contributed by atoms with van der Waals surface area (Å²) in [6, 6.07) is 4.55. The van der Waals surface area contributed by atoms with Crippen LogP contribution in [0.4, 0.5) is 0 Å². The first-order valence-corrected chi connectivity index (χ1v) is 5.01. The summed E-state index contributed by atoms with van der Waals surface area (Å²) in [5.74, 6) is 1.08. The SMILES string of the molecule is COc1cc(OC)cc(C2N=C(N)NC2=O)c1. The second-order valence-corrected chi connectivity index (χ2v) is 3.55. The summed E-state index contributed by atoms with van der Waals surface area (Å²) < 4.78 is 10.3. The monoisotopic (exact) mass is 235 g/mol. The second-order valence-electron chi connectivity index (χ2n) is 3.55. The molecule has 0 aliphatic carbocycles. The van der Waals surface area contributed by atoms with Gasteiger partial charge in [0.05, 0.1) is 14.2 Å². The number of nitrogens with one attached hydrogen (secondary N) is 1. The molecule has 1 heterocycles. The molecule has 1 unspecified atom stereocenters. The Morgan fingerprint density at radius 2 is 1.82 bits per heavy atom. The Labute approximate surface area is 98.4 Å². The van der Waals surface area contributed by atoms with Crippen LogP contribution in [0.2, 0.25) is 0 Å². The third-order valence-electron chi connectivity index (χ3n) is 2.46. The maximum atomic E-state index is 11.6. The van der Waals surface area contributed by atoms with Gasteiger partial charge < -0.3 is 15.2 Å². The molecule has 1 atom stereocenters. The van der Waals surface area contributed by atoms with Crippen LogP contribution < -0.4 is 20.5 Å². The average Bonchev–Trinajstić information content (AvgIpc) is 2.67. The first-order chi connectivity index (χ1) is 8.13. The van der Waals surface area contributed by atoms with Gasteiger partial charge in [0.2, 0.25) is 0 Å². The maximum Gasteiger partial charge on any atom is 0.256 e. The fourth-order valence-corrected chi connectivity index (χ4v) is 1.64. The number of nitrogens with two attached hydrogens (primary N) is 1. The number of hydrogen-bond donors (Lipinski definition) is 2. The van der Waals surface area contributed by atoms with Crippen molar-refractivity contribution in [3.05, 3.63) is 23.8 Å². The van der Waals surface area contributed by atoms with Crippen molar-refractivity contribution < 1.29 is 14.3 Å². The third kappa shape index (κ3) is 2.15. The van der Waals surface area contributed by atoms with Gasteiger partial charge >= 0.3 is 0 Å². The fraction of sp³-hybridized carbons (Fsp3) is 0.273. The number of benzene rings is 1. The van der Waals surface area contributed by atoms with Gasteiger partial charge in [0.1, 0.15) is 11.5 Å². The predicted molar refractivity (Wildman–Crippen MR) is 62.1 cm³/mol. The molecule has 1 aromatic rings. The minimum absolute atomic E-state index is 0.127. The van der Waals surface area contributed by atoms with Crippen molar-refractivity contribution >= 4 is 11.9 Å². The van der Waals surface area contributed by atoms with Crippen molar-refractivity contribution in [1.82, 2.24) is 5.32 Å². The molecule has 0 bridgehead atoms. The Bertz CT molecular complexity index is 463. The number of nitrogens with zero attached hydrogens (tertiary/aromatic N) is 1. The van der Waals surface area contributed by atoms with E-state index in [0.29, 0.717) is 17.1 Å². The van der Waals surface area contributed by atoms with Gasteiger partial charge in [0.15, 0.2) is 12.0 Å². The van der Waals surface area contributed by atoms with Crippen molar-refractivity contribution in [1.29, 1.82) is 0 Å². The predicted octanol–water partition coefficient (Wildman–Crippen LogP) is 0.189. The van der Waals surface area contributed by atoms with Gasteiger partial charge in [-0.3, -0.25) is 10.1 Å². The lowest BCUT2D eigenvalue weighted by Gasteiger charge is -2.10. The van der Waals surface area contributed by atoms with E-state index in [1.165, 1.54) is 0 Å². The molecular formula is C11H13N3O3. The number of hydrogen-bond acceptors (Lipinski definition) is 5. The quantitative estimate of drug-likeness (QED) is 0.783. The highest BCUT2D eigenvalue weighted by molar-refractivity contribution is 6.04. The number of rotatable bonds is 3. The van der Waals surface area contributed by atoms with Gasteiger partial charge in [-0.05, 0) is 17.7 Å². The summed E-state index contributed by atoms with van der Waals surface area (Å²) in [5, 5.41) is 2.45. The first kappa shape index (κ1) is 11.3. The summed E-state index contributed by atoms with van der Waals surface area (Å²) >= 11 is 0. The van der Waals surface area contributed by atoms with Crippen molar-refractivity contribution in [2.45, 2.75) is 6.04 Å². The zero-order valence-electron chi connectivity index (χ0n) is 9.56. The van der Waals surface area contributed by atoms with Crippen LogP contribution in [-0.2, 0) is 4.79 Å². The van der Waals surface area contributed by atoms with Gasteiger partial charge in [-0.15, -0.1) is 0 Å². The standard InChI is InChI=1S/C11H13N3O3/c1-16-7-3-6(4-8(5-7)17-2)9-10(15)14-11(12)13-9/h3-5,9H,1-2H3,(H3,12,13,14,15). The first-order valence-electron chi connectivity index (χ1n) is 5.01. The number of ether oxygens (including phenoxy) is 2. The van der Waals surface area contributed by atoms with Gasteiger partial charge in [-0.2, -0.15) is 0 Å². The van der Waals surface area contributed by atoms with Gasteiger partial charge in [-0.25, -0.2) is 4.99 Å². The van der Waals surface area contributed by atoms with Crippen LogP contribution in [0, 0.1) is 0 Å². The minimum Gasteiger partial charge on any atom is -0.497 e. The molecule has 0 saturated heterocycles. The molecule has 0 radical (unpaired) electrons. The minimum atomic E-state index is -0.640. The molecule has 6 nitrogen and oxygen atoms in total. The molecule has 1 aliphatic heterocycles. The van der Waals surface area contributed by atoms with E-state index >= 15 is 0 Å². The highest BCUT2D eigenvalue weighted by Crippen LogP contribution is 2.29. The zero-order chi connectivity index (χ0) is 12.4. The van der Waals surface area contributed by atoms with Crippen LogP contribution in [0.3, 0.4) is 0 Å². The lowest BCUT2D eigenvalue weighted by atomic mass is 10.1. The number of amides is 1. The smallest absolute Gasteiger partial charge is 0.256 e. The molecule has 90 valence electrons. The summed E-state index contributed by atoms with van der Waals surface area (Å²) in [4.78, 5) is 15.6. The van der Waals surface area contributed by atoms with E-state index in [0.717, 1.165) is 0 Å².